The molecule has 5 heteroatoms. The molecule has 0 aliphatic carbocycles. The van der Waals surface area contributed by atoms with Crippen LogP contribution in [0.5, 0.6) is 5.75 Å². The number of rotatable bonds is 2. The third kappa shape index (κ3) is 4.48. The summed E-state index contributed by atoms with van der Waals surface area (Å²) in [6.07, 6.45) is 1.16. The number of carbonyl (C=O) groups excluding carboxylic acids is 2. The van der Waals surface area contributed by atoms with Crippen LogP contribution in [0.3, 0.4) is 0 Å². The number of nitrogens with one attached hydrogen (secondary N) is 1. The Balaban J connectivity index is 2.00. The van der Waals surface area contributed by atoms with Crippen molar-refractivity contribution in [3.8, 4) is 5.75 Å². The Bertz CT molecular complexity index is 520. The minimum absolute atomic E-state index is 0.103. The van der Waals surface area contributed by atoms with E-state index in [1.54, 1.807) is 24.3 Å². The lowest BCUT2D eigenvalue weighted by Gasteiger charge is -2.34. The van der Waals surface area contributed by atoms with E-state index in [1.165, 1.54) is 6.92 Å². The zero-order chi connectivity index (χ0) is 15.4. The zero-order valence-corrected chi connectivity index (χ0v) is 12.8. The number of ether oxygens (including phenoxy) is 1. The van der Waals surface area contributed by atoms with Crippen LogP contribution in [0.15, 0.2) is 24.3 Å². The minimum atomic E-state index is -0.378. The quantitative estimate of drug-likeness (QED) is 0.672. The normalized spacial score (nSPS) is 21.8. The third-order valence-electron chi connectivity index (χ3n) is 3.50. The fraction of sp³-hybridized carbons (Fsp3) is 0.500. The first kappa shape index (κ1) is 15.4. The topological polar surface area (TPSA) is 58.6 Å². The van der Waals surface area contributed by atoms with Gasteiger partial charge in [0.15, 0.2) is 0 Å². The molecule has 0 aromatic heterocycles. The highest BCUT2D eigenvalue weighted by Crippen LogP contribution is 2.22. The predicted molar refractivity (Wildman–Crippen MR) is 81.3 cm³/mol. The molecule has 0 saturated carbocycles. The van der Waals surface area contributed by atoms with Gasteiger partial charge in [0.25, 0.3) is 0 Å². The number of likely N-dealkylation sites (tertiary alicyclic amines) is 1. The van der Waals surface area contributed by atoms with E-state index in [2.05, 4.69) is 19.2 Å². The van der Waals surface area contributed by atoms with Gasteiger partial charge in [-0.05, 0) is 30.4 Å². The van der Waals surface area contributed by atoms with Gasteiger partial charge in [0.05, 0.1) is 0 Å². The summed E-state index contributed by atoms with van der Waals surface area (Å²) in [5.74, 6) is 1.09. The average Bonchev–Trinajstić information content (AvgIpc) is 2.37. The largest absolute Gasteiger partial charge is 0.427 e. The number of nitrogens with zero attached hydrogens (tertiary/aromatic N) is 1. The van der Waals surface area contributed by atoms with Crippen molar-refractivity contribution in [2.75, 3.05) is 18.4 Å². The highest BCUT2D eigenvalue weighted by molar-refractivity contribution is 5.89. The maximum Gasteiger partial charge on any atom is 0.321 e. The molecule has 1 aliphatic heterocycles. The zero-order valence-electron chi connectivity index (χ0n) is 12.8. The Labute approximate surface area is 125 Å². The second-order valence-corrected chi connectivity index (χ2v) is 5.90. The lowest BCUT2D eigenvalue weighted by atomic mass is 9.92. The van der Waals surface area contributed by atoms with E-state index in [9.17, 15) is 9.59 Å². The van der Waals surface area contributed by atoms with Gasteiger partial charge in [0, 0.05) is 31.8 Å². The summed E-state index contributed by atoms with van der Waals surface area (Å²) in [4.78, 5) is 25.1. The smallest absolute Gasteiger partial charge is 0.321 e. The van der Waals surface area contributed by atoms with Crippen molar-refractivity contribution in [2.24, 2.45) is 11.8 Å². The van der Waals surface area contributed by atoms with Gasteiger partial charge in [-0.3, -0.25) is 4.79 Å². The second-order valence-electron chi connectivity index (χ2n) is 5.90. The number of benzene rings is 1. The van der Waals surface area contributed by atoms with Gasteiger partial charge in [-0.1, -0.05) is 19.9 Å². The molecular formula is C16H22N2O3. The molecule has 0 radical (unpaired) electrons. The van der Waals surface area contributed by atoms with Gasteiger partial charge in [-0.2, -0.15) is 0 Å². The van der Waals surface area contributed by atoms with Gasteiger partial charge >= 0.3 is 12.0 Å². The van der Waals surface area contributed by atoms with Crippen LogP contribution in [-0.4, -0.2) is 30.0 Å². The molecule has 2 rings (SSSR count). The van der Waals surface area contributed by atoms with Gasteiger partial charge in [-0.15, -0.1) is 0 Å². The lowest BCUT2D eigenvalue weighted by molar-refractivity contribution is -0.131. The van der Waals surface area contributed by atoms with E-state index in [-0.39, 0.29) is 12.0 Å². The van der Waals surface area contributed by atoms with Gasteiger partial charge in [0.1, 0.15) is 5.75 Å². The van der Waals surface area contributed by atoms with Crippen molar-refractivity contribution < 1.29 is 14.3 Å². The number of urea groups is 1. The summed E-state index contributed by atoms with van der Waals surface area (Å²) in [5.41, 5.74) is 0.629. The SMILES string of the molecule is CC(=O)Oc1cccc(NC(=O)N2CC(C)CC(C)C2)c1. The number of carbonyl (C=O) groups is 2. The van der Waals surface area contributed by atoms with Gasteiger partial charge in [0.2, 0.25) is 0 Å². The second kappa shape index (κ2) is 6.61. The molecule has 2 atom stereocenters. The lowest BCUT2D eigenvalue weighted by Crippen LogP contribution is -2.44. The number of amides is 2. The molecule has 1 aromatic carbocycles. The van der Waals surface area contributed by atoms with Crippen LogP contribution in [0.2, 0.25) is 0 Å². The Morgan fingerprint density at radius 1 is 1.24 bits per heavy atom. The van der Waals surface area contributed by atoms with Crippen LogP contribution < -0.4 is 10.1 Å². The van der Waals surface area contributed by atoms with Gasteiger partial charge < -0.3 is 15.0 Å². The third-order valence-corrected chi connectivity index (χ3v) is 3.50. The fourth-order valence-corrected chi connectivity index (χ4v) is 2.83. The molecule has 1 N–H and O–H groups in total. The summed E-state index contributed by atoms with van der Waals surface area (Å²) >= 11 is 0. The summed E-state index contributed by atoms with van der Waals surface area (Å²) in [6.45, 7) is 7.23. The minimum Gasteiger partial charge on any atom is -0.427 e. The van der Waals surface area contributed by atoms with E-state index >= 15 is 0 Å². The Hall–Kier alpha value is -2.04. The molecular weight excluding hydrogens is 268 g/mol. The van der Waals surface area contributed by atoms with E-state index < -0.39 is 0 Å². The predicted octanol–water partition coefficient (Wildman–Crippen LogP) is 3.12. The van der Waals surface area contributed by atoms with Gasteiger partial charge in [-0.25, -0.2) is 4.79 Å². The number of anilines is 1. The molecule has 2 unspecified atom stereocenters. The van der Waals surface area contributed by atoms with Crippen LogP contribution in [0.1, 0.15) is 27.2 Å². The maximum absolute atomic E-state index is 12.3. The molecule has 1 saturated heterocycles. The summed E-state index contributed by atoms with van der Waals surface area (Å²) in [6, 6.07) is 6.75. The number of hydrogen-bond acceptors (Lipinski definition) is 3. The molecule has 114 valence electrons. The molecule has 1 aromatic rings. The molecule has 1 fully saturated rings. The molecule has 5 nitrogen and oxygen atoms in total. The summed E-state index contributed by atoms with van der Waals surface area (Å²) in [7, 11) is 0. The standard InChI is InChI=1S/C16H22N2O3/c1-11-7-12(2)10-18(9-11)16(20)17-14-5-4-6-15(8-14)21-13(3)19/h4-6,8,11-12H,7,9-10H2,1-3H3,(H,17,20). The van der Waals surface area contributed by atoms with E-state index in [0.717, 1.165) is 19.5 Å². The molecule has 21 heavy (non-hydrogen) atoms. The molecule has 0 bridgehead atoms. The number of esters is 1. The maximum atomic E-state index is 12.3. The van der Waals surface area contributed by atoms with Crippen LogP contribution in [-0.2, 0) is 4.79 Å². The summed E-state index contributed by atoms with van der Waals surface area (Å²) in [5, 5.41) is 2.86. The van der Waals surface area contributed by atoms with Crippen molar-refractivity contribution >= 4 is 17.7 Å². The van der Waals surface area contributed by atoms with E-state index in [0.29, 0.717) is 23.3 Å². The van der Waals surface area contributed by atoms with Crippen molar-refractivity contribution in [1.82, 2.24) is 4.90 Å². The van der Waals surface area contributed by atoms with Crippen molar-refractivity contribution in [3.63, 3.8) is 0 Å². The number of piperidine rings is 1. The first-order chi connectivity index (χ1) is 9.94. The van der Waals surface area contributed by atoms with Crippen molar-refractivity contribution in [3.05, 3.63) is 24.3 Å². The first-order valence-corrected chi connectivity index (χ1v) is 7.28. The van der Waals surface area contributed by atoms with E-state index in [1.807, 2.05) is 4.90 Å². The molecule has 2 amide bonds. The monoisotopic (exact) mass is 290 g/mol. The van der Waals surface area contributed by atoms with Crippen molar-refractivity contribution in [1.29, 1.82) is 0 Å². The molecule has 0 spiro atoms. The Kier molecular flexibility index (Phi) is 4.83. The first-order valence-electron chi connectivity index (χ1n) is 7.28. The van der Waals surface area contributed by atoms with Crippen LogP contribution in [0, 0.1) is 11.8 Å². The molecule has 1 aliphatic rings. The average molecular weight is 290 g/mol. The van der Waals surface area contributed by atoms with Crippen LogP contribution in [0.25, 0.3) is 0 Å². The van der Waals surface area contributed by atoms with Crippen LogP contribution >= 0.6 is 0 Å². The van der Waals surface area contributed by atoms with E-state index in [4.69, 9.17) is 4.74 Å². The number of hydrogen-bond donors (Lipinski definition) is 1. The van der Waals surface area contributed by atoms with Crippen LogP contribution in [0.4, 0.5) is 10.5 Å². The fourth-order valence-electron chi connectivity index (χ4n) is 2.83. The van der Waals surface area contributed by atoms with Crippen molar-refractivity contribution in [2.45, 2.75) is 27.2 Å². The Morgan fingerprint density at radius 3 is 2.52 bits per heavy atom. The highest BCUT2D eigenvalue weighted by Gasteiger charge is 2.25. The highest BCUT2D eigenvalue weighted by atomic mass is 16.5. The molecule has 1 heterocycles. The summed E-state index contributed by atoms with van der Waals surface area (Å²) < 4.78 is 5.01. The Morgan fingerprint density at radius 2 is 1.90 bits per heavy atom.